The van der Waals surface area contributed by atoms with Crippen LogP contribution in [0.15, 0.2) is 63.8 Å². The number of carboxylic acid groups (broad SMARTS) is 1. The largest absolute Gasteiger partial charge is 0.477 e. The van der Waals surface area contributed by atoms with Gasteiger partial charge in [-0.25, -0.2) is 9.78 Å². The predicted octanol–water partition coefficient (Wildman–Crippen LogP) is 0.615. The number of amides is 3. The SMILES string of the molecule is Nc1nc(C(=NO)C(=O)N[C@@H]2C(=O)N3C(C(=O)O)=C(C=C4CN(c5ccccc5)C4=O)CS[C@H]23)cs1. The summed E-state index contributed by atoms with van der Waals surface area (Å²) in [6, 6.07) is 8.07. The molecule has 12 nitrogen and oxygen atoms in total. The van der Waals surface area contributed by atoms with Crippen LogP contribution in [0.1, 0.15) is 5.69 Å². The number of carboxylic acids is 1. The molecule has 0 radical (unpaired) electrons. The van der Waals surface area contributed by atoms with Gasteiger partial charge in [-0.3, -0.25) is 19.3 Å². The Bertz CT molecular complexity index is 1380. The molecule has 1 aromatic carbocycles. The maximum atomic E-state index is 12.9. The molecule has 5 rings (SSSR count). The van der Waals surface area contributed by atoms with Crippen molar-refractivity contribution < 1.29 is 29.5 Å². The van der Waals surface area contributed by atoms with Crippen molar-refractivity contribution in [3.63, 3.8) is 0 Å². The normalized spacial score (nSPS) is 22.8. The van der Waals surface area contributed by atoms with Crippen LogP contribution in [0.25, 0.3) is 0 Å². The summed E-state index contributed by atoms with van der Waals surface area (Å²) in [4.78, 5) is 56.8. The fourth-order valence-electron chi connectivity index (χ4n) is 4.10. The van der Waals surface area contributed by atoms with Gasteiger partial charge < -0.3 is 26.3 Å². The Balaban J connectivity index is 1.33. The molecule has 2 saturated heterocycles. The second-order valence-corrected chi connectivity index (χ2v) is 9.95. The van der Waals surface area contributed by atoms with Crippen molar-refractivity contribution in [1.82, 2.24) is 15.2 Å². The number of aliphatic carboxylic acids is 1. The molecule has 0 saturated carbocycles. The number of nitrogens with one attached hydrogen (secondary N) is 1. The van der Waals surface area contributed by atoms with E-state index in [9.17, 15) is 29.5 Å². The Morgan fingerprint density at radius 2 is 2.00 bits per heavy atom. The van der Waals surface area contributed by atoms with Crippen LogP contribution in [0.5, 0.6) is 0 Å². The van der Waals surface area contributed by atoms with Crippen LogP contribution in [-0.4, -0.2) is 73.3 Å². The number of hydrogen-bond donors (Lipinski definition) is 4. The maximum Gasteiger partial charge on any atom is 0.352 e. The first-order valence-electron chi connectivity index (χ1n) is 10.5. The number of carbonyl (C=O) groups excluding carboxylic acids is 3. The number of benzene rings is 1. The second-order valence-electron chi connectivity index (χ2n) is 7.96. The number of thioether (sulfide) groups is 1. The van der Waals surface area contributed by atoms with E-state index in [-0.39, 0.29) is 28.2 Å². The summed E-state index contributed by atoms with van der Waals surface area (Å²) in [7, 11) is 0. The highest BCUT2D eigenvalue weighted by molar-refractivity contribution is 8.00. The highest BCUT2D eigenvalue weighted by atomic mass is 32.2. The molecule has 36 heavy (non-hydrogen) atoms. The number of nitrogen functional groups attached to an aromatic ring is 1. The van der Waals surface area contributed by atoms with Crippen LogP contribution in [0.3, 0.4) is 0 Å². The standard InChI is InChI=1S/C22H18N6O6S2/c23-22-24-13(9-36-22)14(26-34)17(29)25-15-19(31)28-16(21(32)33)11(8-35-20(15)28)6-10-7-27(18(10)30)12-4-2-1-3-5-12/h1-6,9,15,20,34H,7-8H2,(H2,23,24)(H,25,29)(H,32,33)/t15-,20-/m1/s1. The third-order valence-corrected chi connectivity index (χ3v) is 7.81. The first-order valence-corrected chi connectivity index (χ1v) is 12.5. The number of β-lactam (4-membered cyclic amide) rings is 2. The van der Waals surface area contributed by atoms with E-state index in [0.717, 1.165) is 21.9 Å². The zero-order valence-corrected chi connectivity index (χ0v) is 20.0. The Morgan fingerprint density at radius 1 is 1.25 bits per heavy atom. The highest BCUT2D eigenvalue weighted by Crippen LogP contribution is 2.41. The molecule has 0 spiro atoms. The average molecular weight is 527 g/mol. The lowest BCUT2D eigenvalue weighted by atomic mass is 9.98. The average Bonchev–Trinajstić information content (AvgIpc) is 3.30. The molecule has 2 aromatic rings. The van der Waals surface area contributed by atoms with Crippen LogP contribution in [0.2, 0.25) is 0 Å². The first-order chi connectivity index (χ1) is 17.3. The second kappa shape index (κ2) is 9.13. The van der Waals surface area contributed by atoms with Crippen molar-refractivity contribution in [2.45, 2.75) is 11.4 Å². The number of allylic oxidation sites excluding steroid dienone is 1. The van der Waals surface area contributed by atoms with Crippen LogP contribution >= 0.6 is 23.1 Å². The summed E-state index contributed by atoms with van der Waals surface area (Å²) in [6.07, 6.45) is 1.52. The Morgan fingerprint density at radius 3 is 2.61 bits per heavy atom. The van der Waals surface area contributed by atoms with Gasteiger partial charge in [0.2, 0.25) is 0 Å². The number of nitrogens with two attached hydrogens (primary N) is 1. The maximum absolute atomic E-state index is 12.9. The summed E-state index contributed by atoms with van der Waals surface area (Å²) in [5.74, 6) is -2.81. The lowest BCUT2D eigenvalue weighted by molar-refractivity contribution is -0.150. The fourth-order valence-corrected chi connectivity index (χ4v) is 5.95. The number of rotatable bonds is 6. The third kappa shape index (κ3) is 3.89. The molecule has 3 aliphatic rings. The summed E-state index contributed by atoms with van der Waals surface area (Å²) >= 11 is 2.30. The third-order valence-electron chi connectivity index (χ3n) is 5.83. The molecule has 14 heteroatoms. The van der Waals surface area contributed by atoms with Gasteiger partial charge in [0.25, 0.3) is 17.7 Å². The monoisotopic (exact) mass is 526 g/mol. The molecule has 0 aliphatic carbocycles. The van der Waals surface area contributed by atoms with Gasteiger partial charge in [-0.15, -0.1) is 23.1 Å². The van der Waals surface area contributed by atoms with Gasteiger partial charge >= 0.3 is 5.97 Å². The fraction of sp³-hybridized carbons (Fsp3) is 0.182. The number of fused-ring (bicyclic) bond motifs is 1. The molecule has 3 amide bonds. The van der Waals surface area contributed by atoms with E-state index in [2.05, 4.69) is 15.5 Å². The van der Waals surface area contributed by atoms with Gasteiger partial charge in [0, 0.05) is 22.4 Å². The number of aromatic nitrogens is 1. The number of oxime groups is 1. The van der Waals surface area contributed by atoms with Crippen LogP contribution in [-0.2, 0) is 19.2 Å². The number of hydrogen-bond acceptors (Lipinski definition) is 10. The molecular weight excluding hydrogens is 508 g/mol. The van der Waals surface area contributed by atoms with Crippen LogP contribution < -0.4 is 16.0 Å². The lowest BCUT2D eigenvalue weighted by Crippen LogP contribution is -2.71. The van der Waals surface area contributed by atoms with Crippen molar-refractivity contribution in [2.24, 2.45) is 5.16 Å². The Hall–Kier alpha value is -4.17. The minimum atomic E-state index is -1.31. The first kappa shape index (κ1) is 23.6. The topological polar surface area (TPSA) is 179 Å². The zero-order valence-electron chi connectivity index (χ0n) is 18.3. The van der Waals surface area contributed by atoms with E-state index in [1.165, 1.54) is 23.2 Å². The minimum absolute atomic E-state index is 0.0483. The minimum Gasteiger partial charge on any atom is -0.477 e. The van der Waals surface area contributed by atoms with Crippen molar-refractivity contribution in [1.29, 1.82) is 0 Å². The molecule has 3 aliphatic heterocycles. The van der Waals surface area contributed by atoms with E-state index < -0.39 is 34.9 Å². The van der Waals surface area contributed by atoms with Gasteiger partial charge in [-0.2, -0.15) is 0 Å². The van der Waals surface area contributed by atoms with Gasteiger partial charge in [-0.05, 0) is 23.8 Å². The molecule has 184 valence electrons. The van der Waals surface area contributed by atoms with Crippen LogP contribution in [0.4, 0.5) is 10.8 Å². The molecule has 5 N–H and O–H groups in total. The number of carbonyl (C=O) groups is 4. The number of para-hydroxylation sites is 1. The molecule has 2 atom stereocenters. The quantitative estimate of drug-likeness (QED) is 0.138. The van der Waals surface area contributed by atoms with Gasteiger partial charge in [0.15, 0.2) is 10.8 Å². The van der Waals surface area contributed by atoms with E-state index in [1.807, 2.05) is 18.2 Å². The van der Waals surface area contributed by atoms with Gasteiger partial charge in [-0.1, -0.05) is 23.4 Å². The van der Waals surface area contributed by atoms with Crippen LogP contribution in [0, 0.1) is 0 Å². The summed E-state index contributed by atoms with van der Waals surface area (Å²) < 4.78 is 0. The van der Waals surface area contributed by atoms with Crippen molar-refractivity contribution in [3.8, 4) is 0 Å². The zero-order chi connectivity index (χ0) is 25.6. The lowest BCUT2D eigenvalue weighted by Gasteiger charge is -2.49. The van der Waals surface area contributed by atoms with E-state index >= 15 is 0 Å². The molecule has 4 heterocycles. The number of thiazole rings is 1. The van der Waals surface area contributed by atoms with Crippen molar-refractivity contribution >= 4 is 63.3 Å². The van der Waals surface area contributed by atoms with Crippen molar-refractivity contribution in [3.05, 3.63) is 64.3 Å². The molecule has 0 unspecified atom stereocenters. The van der Waals surface area contributed by atoms with Gasteiger partial charge in [0.1, 0.15) is 22.8 Å². The van der Waals surface area contributed by atoms with E-state index in [0.29, 0.717) is 17.7 Å². The van der Waals surface area contributed by atoms with E-state index in [4.69, 9.17) is 5.73 Å². The molecule has 0 bridgehead atoms. The van der Waals surface area contributed by atoms with Crippen molar-refractivity contribution in [2.75, 3.05) is 22.9 Å². The molecular formula is C22H18N6O6S2. The number of anilines is 2. The van der Waals surface area contributed by atoms with Gasteiger partial charge in [0.05, 0.1) is 6.54 Å². The van der Waals surface area contributed by atoms with E-state index in [1.54, 1.807) is 17.0 Å². The number of nitrogens with zero attached hydrogens (tertiary/aromatic N) is 4. The highest BCUT2D eigenvalue weighted by Gasteiger charge is 2.54. The summed E-state index contributed by atoms with van der Waals surface area (Å²) in [5.41, 5.74) is 6.49. The Labute approximate surface area is 211 Å². The smallest absolute Gasteiger partial charge is 0.352 e. The Kier molecular flexibility index (Phi) is 5.97. The predicted molar refractivity (Wildman–Crippen MR) is 131 cm³/mol. The summed E-state index contributed by atoms with van der Waals surface area (Å²) in [6.45, 7) is 0.324. The summed E-state index contributed by atoms with van der Waals surface area (Å²) in [5, 5.41) is 25.5. The molecule has 2 fully saturated rings. The molecule has 1 aromatic heterocycles.